The quantitative estimate of drug-likeness (QED) is 0.845. The van der Waals surface area contributed by atoms with Crippen molar-refractivity contribution in [2.24, 2.45) is 0 Å². The minimum Gasteiger partial charge on any atom is -0.345 e. The Labute approximate surface area is 163 Å². The topological polar surface area (TPSA) is 86.7 Å². The SMILES string of the molecule is CC(C)n1ccc2c(N3CCC(=O)NC3=O)cc(C(=O)N3CCNCC3)cc21. The van der Waals surface area contributed by atoms with Crippen LogP contribution in [0.15, 0.2) is 24.4 Å². The van der Waals surface area contributed by atoms with Crippen LogP contribution < -0.4 is 15.5 Å². The Morgan fingerprint density at radius 1 is 1.11 bits per heavy atom. The molecule has 0 saturated carbocycles. The summed E-state index contributed by atoms with van der Waals surface area (Å²) in [7, 11) is 0. The Morgan fingerprint density at radius 2 is 1.86 bits per heavy atom. The second-order valence-corrected chi connectivity index (χ2v) is 7.54. The van der Waals surface area contributed by atoms with Gasteiger partial charge in [-0.15, -0.1) is 0 Å². The molecule has 0 spiro atoms. The molecule has 4 rings (SSSR count). The van der Waals surface area contributed by atoms with Gasteiger partial charge in [0.25, 0.3) is 5.91 Å². The molecule has 0 atom stereocenters. The van der Waals surface area contributed by atoms with Crippen molar-refractivity contribution in [3.05, 3.63) is 30.0 Å². The third kappa shape index (κ3) is 3.24. The molecule has 4 amide bonds. The number of fused-ring (bicyclic) bond motifs is 1. The number of rotatable bonds is 3. The number of aromatic nitrogens is 1. The highest BCUT2D eigenvalue weighted by atomic mass is 16.2. The number of carbonyl (C=O) groups excluding carboxylic acids is 3. The molecule has 8 heteroatoms. The van der Waals surface area contributed by atoms with Crippen LogP contribution in [0.25, 0.3) is 10.9 Å². The molecule has 0 bridgehead atoms. The second kappa shape index (κ2) is 7.27. The number of nitrogens with one attached hydrogen (secondary N) is 2. The molecule has 1 aromatic carbocycles. The number of imide groups is 1. The zero-order valence-corrected chi connectivity index (χ0v) is 16.2. The molecule has 0 unspecified atom stereocenters. The van der Waals surface area contributed by atoms with E-state index >= 15 is 0 Å². The van der Waals surface area contributed by atoms with Crippen LogP contribution in [0.1, 0.15) is 36.7 Å². The van der Waals surface area contributed by atoms with Gasteiger partial charge >= 0.3 is 6.03 Å². The monoisotopic (exact) mass is 383 g/mol. The van der Waals surface area contributed by atoms with Crippen LogP contribution >= 0.6 is 0 Å². The van der Waals surface area contributed by atoms with Crippen molar-refractivity contribution in [3.8, 4) is 0 Å². The van der Waals surface area contributed by atoms with Crippen LogP contribution in [-0.4, -0.2) is 60.0 Å². The summed E-state index contributed by atoms with van der Waals surface area (Å²) in [6.07, 6.45) is 2.22. The number of benzene rings is 1. The Hall–Kier alpha value is -2.87. The van der Waals surface area contributed by atoms with Gasteiger partial charge in [-0.05, 0) is 32.0 Å². The van der Waals surface area contributed by atoms with Crippen molar-refractivity contribution in [2.75, 3.05) is 37.6 Å². The fourth-order valence-corrected chi connectivity index (χ4v) is 3.88. The number of carbonyl (C=O) groups is 3. The summed E-state index contributed by atoms with van der Waals surface area (Å²) in [5.41, 5.74) is 2.14. The average Bonchev–Trinajstić information content (AvgIpc) is 3.12. The van der Waals surface area contributed by atoms with Gasteiger partial charge in [0, 0.05) is 62.3 Å². The molecule has 2 aromatic rings. The molecule has 2 saturated heterocycles. The summed E-state index contributed by atoms with van der Waals surface area (Å²) in [5.74, 6) is -0.306. The Balaban J connectivity index is 1.82. The van der Waals surface area contributed by atoms with Gasteiger partial charge in [0.15, 0.2) is 0 Å². The molecule has 3 heterocycles. The fourth-order valence-electron chi connectivity index (χ4n) is 3.88. The lowest BCUT2D eigenvalue weighted by atomic mass is 10.1. The van der Waals surface area contributed by atoms with Gasteiger partial charge in [-0.2, -0.15) is 0 Å². The normalized spacial score (nSPS) is 18.1. The predicted octanol–water partition coefficient (Wildman–Crippen LogP) is 1.71. The van der Waals surface area contributed by atoms with Crippen LogP contribution in [0, 0.1) is 0 Å². The minimum absolute atomic E-state index is 0.0327. The van der Waals surface area contributed by atoms with Gasteiger partial charge < -0.3 is 14.8 Å². The third-order valence-electron chi connectivity index (χ3n) is 5.37. The highest BCUT2D eigenvalue weighted by Crippen LogP contribution is 2.33. The van der Waals surface area contributed by atoms with E-state index in [0.29, 0.717) is 30.9 Å². The van der Waals surface area contributed by atoms with Crippen molar-refractivity contribution in [1.29, 1.82) is 0 Å². The van der Waals surface area contributed by atoms with Crippen LogP contribution in [-0.2, 0) is 4.79 Å². The third-order valence-corrected chi connectivity index (χ3v) is 5.37. The molecule has 0 aliphatic carbocycles. The van der Waals surface area contributed by atoms with Gasteiger partial charge in [-0.25, -0.2) is 4.79 Å². The molecule has 2 aliphatic heterocycles. The number of piperazine rings is 1. The molecule has 2 aliphatic rings. The largest absolute Gasteiger partial charge is 0.345 e. The number of nitrogens with zero attached hydrogens (tertiary/aromatic N) is 3. The van der Waals surface area contributed by atoms with Crippen LogP contribution in [0.5, 0.6) is 0 Å². The number of anilines is 1. The molecule has 2 N–H and O–H groups in total. The lowest BCUT2D eigenvalue weighted by Crippen LogP contribution is -2.49. The van der Waals surface area contributed by atoms with Gasteiger partial charge in [-0.1, -0.05) is 0 Å². The summed E-state index contributed by atoms with van der Waals surface area (Å²) in [6.45, 7) is 7.34. The van der Waals surface area contributed by atoms with E-state index in [1.165, 1.54) is 0 Å². The smallest absolute Gasteiger partial charge is 0.328 e. The Morgan fingerprint density at radius 3 is 2.54 bits per heavy atom. The number of hydrogen-bond donors (Lipinski definition) is 2. The molecule has 148 valence electrons. The molecule has 1 aromatic heterocycles. The summed E-state index contributed by atoms with van der Waals surface area (Å²) < 4.78 is 2.10. The first-order chi connectivity index (χ1) is 13.5. The molecular weight excluding hydrogens is 358 g/mol. The molecule has 0 radical (unpaired) electrons. The van der Waals surface area contributed by atoms with Crippen molar-refractivity contribution < 1.29 is 14.4 Å². The first-order valence-electron chi connectivity index (χ1n) is 9.71. The Kier molecular flexibility index (Phi) is 4.80. The number of urea groups is 1. The fraction of sp³-hybridized carbons (Fsp3) is 0.450. The molecule has 28 heavy (non-hydrogen) atoms. The second-order valence-electron chi connectivity index (χ2n) is 7.54. The predicted molar refractivity (Wildman–Crippen MR) is 107 cm³/mol. The average molecular weight is 383 g/mol. The zero-order valence-electron chi connectivity index (χ0n) is 16.2. The summed E-state index contributed by atoms with van der Waals surface area (Å²) in [6, 6.07) is 5.43. The van der Waals surface area contributed by atoms with Crippen molar-refractivity contribution >= 4 is 34.4 Å². The molecular formula is C20H25N5O3. The molecule has 2 fully saturated rings. The lowest BCUT2D eigenvalue weighted by Gasteiger charge is -2.30. The number of amides is 4. The minimum atomic E-state index is -0.443. The maximum atomic E-state index is 13.1. The van der Waals surface area contributed by atoms with Gasteiger partial charge in [0.05, 0.1) is 11.2 Å². The van der Waals surface area contributed by atoms with Crippen LogP contribution in [0.2, 0.25) is 0 Å². The highest BCUT2D eigenvalue weighted by Gasteiger charge is 2.28. The number of hydrogen-bond acceptors (Lipinski definition) is 4. The van der Waals surface area contributed by atoms with Crippen LogP contribution in [0.4, 0.5) is 10.5 Å². The maximum Gasteiger partial charge on any atom is 0.328 e. The van der Waals surface area contributed by atoms with Crippen LogP contribution in [0.3, 0.4) is 0 Å². The van der Waals surface area contributed by atoms with E-state index in [-0.39, 0.29) is 24.3 Å². The first kappa shape index (κ1) is 18.5. The lowest BCUT2D eigenvalue weighted by molar-refractivity contribution is -0.120. The van der Waals surface area contributed by atoms with Gasteiger partial charge in [0.1, 0.15) is 0 Å². The highest BCUT2D eigenvalue weighted by molar-refractivity contribution is 6.11. The van der Waals surface area contributed by atoms with Gasteiger partial charge in [-0.3, -0.25) is 19.8 Å². The zero-order chi connectivity index (χ0) is 19.8. The van der Waals surface area contributed by atoms with E-state index in [4.69, 9.17) is 0 Å². The van der Waals surface area contributed by atoms with Gasteiger partial charge in [0.2, 0.25) is 5.91 Å². The Bertz CT molecular complexity index is 943. The summed E-state index contributed by atoms with van der Waals surface area (Å²) in [4.78, 5) is 40.5. The van der Waals surface area contributed by atoms with E-state index in [1.807, 2.05) is 23.2 Å². The summed E-state index contributed by atoms with van der Waals surface area (Å²) in [5, 5.41) is 6.52. The van der Waals surface area contributed by atoms with Crippen molar-refractivity contribution in [2.45, 2.75) is 26.3 Å². The first-order valence-corrected chi connectivity index (χ1v) is 9.71. The molecule has 8 nitrogen and oxygen atoms in total. The standard InChI is InChI=1S/C20H25N5O3/c1-13(2)24-7-3-15-16(24)11-14(19(27)23-9-5-21-6-10-23)12-17(15)25-8-4-18(26)22-20(25)28/h3,7,11-13,21H,4-6,8-10H2,1-2H3,(H,22,26,28). The van der Waals surface area contributed by atoms with E-state index in [2.05, 4.69) is 29.0 Å². The van der Waals surface area contributed by atoms with E-state index in [0.717, 1.165) is 24.0 Å². The van der Waals surface area contributed by atoms with E-state index in [1.54, 1.807) is 11.0 Å². The van der Waals surface area contributed by atoms with Crippen molar-refractivity contribution in [1.82, 2.24) is 20.1 Å². The van der Waals surface area contributed by atoms with E-state index in [9.17, 15) is 14.4 Å². The van der Waals surface area contributed by atoms with E-state index < -0.39 is 6.03 Å². The van der Waals surface area contributed by atoms with Crippen molar-refractivity contribution in [3.63, 3.8) is 0 Å². The summed E-state index contributed by atoms with van der Waals surface area (Å²) >= 11 is 0. The maximum absolute atomic E-state index is 13.1.